The van der Waals surface area contributed by atoms with Crippen molar-refractivity contribution in [1.29, 1.82) is 0 Å². The predicted molar refractivity (Wildman–Crippen MR) is 87.7 cm³/mol. The first kappa shape index (κ1) is 17.5. The Bertz CT molecular complexity index is 530. The van der Waals surface area contributed by atoms with Crippen molar-refractivity contribution >= 4 is 17.6 Å². The third kappa shape index (κ3) is 6.04. The van der Waals surface area contributed by atoms with Gasteiger partial charge in [0, 0.05) is 18.5 Å². The number of hydrogen-bond acceptors (Lipinski definition) is 4. The lowest BCUT2D eigenvalue weighted by Gasteiger charge is -2.26. The van der Waals surface area contributed by atoms with Crippen molar-refractivity contribution in [3.63, 3.8) is 0 Å². The van der Waals surface area contributed by atoms with Gasteiger partial charge in [-0.1, -0.05) is 32.9 Å². The molecule has 1 aliphatic rings. The van der Waals surface area contributed by atoms with E-state index in [1.54, 1.807) is 11.0 Å². The lowest BCUT2D eigenvalue weighted by atomic mass is 9.84. The predicted octanol–water partition coefficient (Wildman–Crippen LogP) is 3.07. The zero-order valence-electron chi connectivity index (χ0n) is 14.5. The summed E-state index contributed by atoms with van der Waals surface area (Å²) in [6, 6.07) is 1.79. The minimum absolute atomic E-state index is 0.0690. The van der Waals surface area contributed by atoms with Crippen molar-refractivity contribution < 1.29 is 14.1 Å². The molecule has 0 bridgehead atoms. The molecule has 0 saturated heterocycles. The van der Waals surface area contributed by atoms with E-state index >= 15 is 0 Å². The fraction of sp³-hybridized carbons (Fsp3) is 0.706. The monoisotopic (exact) mass is 321 g/mol. The molecule has 1 N–H and O–H groups in total. The molecule has 6 nitrogen and oxygen atoms in total. The molecule has 2 rings (SSSR count). The van der Waals surface area contributed by atoms with Crippen LogP contribution in [0.3, 0.4) is 0 Å². The molecule has 1 saturated carbocycles. The second-order valence-electron chi connectivity index (χ2n) is 7.76. The van der Waals surface area contributed by atoms with Crippen LogP contribution in [0.2, 0.25) is 0 Å². The van der Waals surface area contributed by atoms with Crippen molar-refractivity contribution in [1.82, 2.24) is 10.1 Å². The van der Waals surface area contributed by atoms with E-state index in [1.807, 2.05) is 0 Å². The van der Waals surface area contributed by atoms with Crippen LogP contribution in [-0.4, -0.2) is 34.5 Å². The van der Waals surface area contributed by atoms with E-state index in [4.69, 9.17) is 0 Å². The maximum absolute atomic E-state index is 12.6. The van der Waals surface area contributed by atoms with E-state index in [1.165, 1.54) is 6.26 Å². The highest BCUT2D eigenvalue weighted by Crippen LogP contribution is 2.30. The van der Waals surface area contributed by atoms with Gasteiger partial charge in [-0.15, -0.1) is 0 Å². The summed E-state index contributed by atoms with van der Waals surface area (Å²) in [5.41, 5.74) is 0.203. The topological polar surface area (TPSA) is 75.4 Å². The van der Waals surface area contributed by atoms with Crippen LogP contribution in [0.1, 0.15) is 53.4 Å². The summed E-state index contributed by atoms with van der Waals surface area (Å²) in [7, 11) is 0. The highest BCUT2D eigenvalue weighted by atomic mass is 16.5. The average molecular weight is 321 g/mol. The number of carbonyl (C=O) groups excluding carboxylic acids is 2. The molecule has 1 aromatic rings. The Balaban J connectivity index is 1.87. The zero-order valence-corrected chi connectivity index (χ0v) is 14.5. The molecule has 0 spiro atoms. The molecule has 0 unspecified atom stereocenters. The Morgan fingerprint density at radius 2 is 2.13 bits per heavy atom. The van der Waals surface area contributed by atoms with E-state index in [0.29, 0.717) is 18.2 Å². The van der Waals surface area contributed by atoms with Crippen LogP contribution in [0.4, 0.5) is 5.82 Å². The minimum Gasteiger partial charge on any atom is -0.363 e. The Morgan fingerprint density at radius 1 is 1.43 bits per heavy atom. The van der Waals surface area contributed by atoms with E-state index in [-0.39, 0.29) is 29.8 Å². The molecule has 1 aliphatic carbocycles. The highest BCUT2D eigenvalue weighted by molar-refractivity contribution is 5.93. The van der Waals surface area contributed by atoms with Gasteiger partial charge in [0.05, 0.1) is 0 Å². The smallest absolute Gasteiger partial charge is 0.245 e. The number of nitrogens with zero attached hydrogens (tertiary/aromatic N) is 2. The lowest BCUT2D eigenvalue weighted by Crippen LogP contribution is -2.40. The first-order valence-electron chi connectivity index (χ1n) is 8.24. The number of carbonyl (C=O) groups is 2. The average Bonchev–Trinajstić information content (AvgIpc) is 3.11. The zero-order chi connectivity index (χ0) is 17.0. The number of anilines is 1. The molecule has 1 fully saturated rings. The van der Waals surface area contributed by atoms with Gasteiger partial charge in [-0.3, -0.25) is 9.59 Å². The molecule has 0 aromatic carbocycles. The molecule has 1 atom stereocenters. The van der Waals surface area contributed by atoms with Crippen molar-refractivity contribution in [2.45, 2.75) is 59.4 Å². The third-order valence-corrected chi connectivity index (χ3v) is 3.81. The van der Waals surface area contributed by atoms with E-state index in [0.717, 1.165) is 19.3 Å². The van der Waals surface area contributed by atoms with Gasteiger partial charge < -0.3 is 14.7 Å². The van der Waals surface area contributed by atoms with E-state index in [2.05, 4.69) is 42.7 Å². The van der Waals surface area contributed by atoms with Gasteiger partial charge in [0.15, 0.2) is 5.82 Å². The molecular formula is C17H27N3O3. The molecule has 1 aromatic heterocycles. The first-order valence-corrected chi connectivity index (χ1v) is 8.24. The first-order chi connectivity index (χ1) is 10.7. The number of nitrogens with one attached hydrogen (secondary N) is 1. The van der Waals surface area contributed by atoms with Gasteiger partial charge in [0.1, 0.15) is 12.8 Å². The van der Waals surface area contributed by atoms with Crippen LogP contribution in [0, 0.1) is 11.3 Å². The molecule has 0 radical (unpaired) electrons. The van der Waals surface area contributed by atoms with Crippen LogP contribution in [-0.2, 0) is 9.59 Å². The Hall–Kier alpha value is -1.85. The minimum atomic E-state index is -0.234. The van der Waals surface area contributed by atoms with Crippen molar-refractivity contribution in [3.05, 3.63) is 12.3 Å². The van der Waals surface area contributed by atoms with E-state index in [9.17, 15) is 9.59 Å². The molecular weight excluding hydrogens is 294 g/mol. The van der Waals surface area contributed by atoms with E-state index < -0.39 is 0 Å². The second kappa shape index (κ2) is 7.15. The number of amides is 2. The van der Waals surface area contributed by atoms with Gasteiger partial charge >= 0.3 is 0 Å². The van der Waals surface area contributed by atoms with Gasteiger partial charge in [0.2, 0.25) is 11.8 Å². The normalized spacial score (nSPS) is 16.0. The fourth-order valence-electron chi connectivity index (χ4n) is 2.95. The van der Waals surface area contributed by atoms with Crippen molar-refractivity contribution in [2.75, 3.05) is 11.9 Å². The van der Waals surface area contributed by atoms with Gasteiger partial charge in [-0.05, 0) is 30.6 Å². The summed E-state index contributed by atoms with van der Waals surface area (Å²) in [5.74, 6) is 0.517. The second-order valence-corrected chi connectivity index (χ2v) is 7.76. The molecule has 128 valence electrons. The Kier molecular flexibility index (Phi) is 5.44. The van der Waals surface area contributed by atoms with Crippen molar-refractivity contribution in [2.24, 2.45) is 11.3 Å². The Morgan fingerprint density at radius 3 is 2.65 bits per heavy atom. The fourth-order valence-corrected chi connectivity index (χ4v) is 2.95. The largest absolute Gasteiger partial charge is 0.363 e. The summed E-state index contributed by atoms with van der Waals surface area (Å²) in [5, 5.41) is 6.29. The molecule has 1 heterocycles. The molecule has 2 amide bonds. The van der Waals surface area contributed by atoms with Crippen LogP contribution in [0.15, 0.2) is 16.9 Å². The molecule has 23 heavy (non-hydrogen) atoms. The Labute approximate surface area is 137 Å². The standard InChI is InChI=1S/C17H27N3O3/c1-12(10-17(2,3)4)9-16(22)20(13-5-6-13)11-15(21)18-14-7-8-23-19-14/h7-8,12-13H,5-6,9-11H2,1-4H3,(H,18,19,21)/t12-/m0/s1. The molecule has 0 aliphatic heterocycles. The van der Waals surface area contributed by atoms with Crippen LogP contribution in [0.5, 0.6) is 0 Å². The number of aromatic nitrogens is 1. The van der Waals surface area contributed by atoms with Gasteiger partial charge in [0.25, 0.3) is 0 Å². The summed E-state index contributed by atoms with van der Waals surface area (Å²) < 4.78 is 4.68. The summed E-state index contributed by atoms with van der Waals surface area (Å²) >= 11 is 0. The quantitative estimate of drug-likeness (QED) is 0.837. The summed E-state index contributed by atoms with van der Waals surface area (Å²) in [4.78, 5) is 26.4. The van der Waals surface area contributed by atoms with Gasteiger partial charge in [-0.2, -0.15) is 0 Å². The summed E-state index contributed by atoms with van der Waals surface area (Å²) in [6.45, 7) is 8.72. The van der Waals surface area contributed by atoms with Crippen LogP contribution < -0.4 is 5.32 Å². The van der Waals surface area contributed by atoms with Crippen LogP contribution >= 0.6 is 0 Å². The maximum Gasteiger partial charge on any atom is 0.245 e. The lowest BCUT2D eigenvalue weighted by molar-refractivity contribution is -0.136. The molecule has 6 heteroatoms. The van der Waals surface area contributed by atoms with Crippen molar-refractivity contribution in [3.8, 4) is 0 Å². The highest BCUT2D eigenvalue weighted by Gasteiger charge is 2.34. The van der Waals surface area contributed by atoms with Crippen LogP contribution in [0.25, 0.3) is 0 Å². The number of rotatable bonds is 7. The third-order valence-electron chi connectivity index (χ3n) is 3.81. The summed E-state index contributed by atoms with van der Waals surface area (Å²) in [6.07, 6.45) is 4.84. The van der Waals surface area contributed by atoms with Gasteiger partial charge in [-0.25, -0.2) is 0 Å². The maximum atomic E-state index is 12.6. The SMILES string of the molecule is C[C@@H](CC(=O)N(CC(=O)Nc1ccon1)C1CC1)CC(C)(C)C. The number of hydrogen-bond donors (Lipinski definition) is 1.